The van der Waals surface area contributed by atoms with Crippen LogP contribution in [0.15, 0.2) is 42.5 Å². The molecule has 1 nitrogen and oxygen atoms in total. The molecule has 0 saturated heterocycles. The highest BCUT2D eigenvalue weighted by atomic mass is 14.9. The average molecular weight is 420 g/mol. The van der Waals surface area contributed by atoms with Gasteiger partial charge >= 0.3 is 0 Å². The van der Waals surface area contributed by atoms with Crippen molar-refractivity contribution in [1.29, 1.82) is 0 Å². The molecule has 0 radical (unpaired) electrons. The van der Waals surface area contributed by atoms with E-state index in [1.165, 1.54) is 86.6 Å². The normalized spacial score (nSPS) is 18.8. The maximum absolute atomic E-state index is 3.51. The molecule has 0 atom stereocenters. The highest BCUT2D eigenvalue weighted by Gasteiger charge is 2.23. The van der Waals surface area contributed by atoms with Crippen LogP contribution in [-0.2, 0) is 12.8 Å². The molecule has 1 fully saturated rings. The van der Waals surface area contributed by atoms with E-state index in [9.17, 15) is 0 Å². The molecule has 1 aliphatic carbocycles. The summed E-state index contributed by atoms with van der Waals surface area (Å²) in [6.07, 6.45) is 16.1. The minimum atomic E-state index is 0.796. The second kappa shape index (κ2) is 12.9. The Morgan fingerprint density at radius 2 is 1.45 bits per heavy atom. The fourth-order valence-corrected chi connectivity index (χ4v) is 5.28. The lowest BCUT2D eigenvalue weighted by Gasteiger charge is -2.30. The Hall–Kier alpha value is -1.76. The van der Waals surface area contributed by atoms with Gasteiger partial charge in [0.05, 0.1) is 0 Å². The standard InChI is InChI=1S/C30H45N/c1-4-6-8-9-25-12-17-28(18-13-25)30-21-16-27(23-24(30)3)11-10-26-14-19-29(20-15-26)31-22-7-5-2/h14-16,19-21,23,25,28,31H,4-13,17-18,22H2,1-3H3/t25-,28-. The topological polar surface area (TPSA) is 12.0 Å². The highest BCUT2D eigenvalue weighted by molar-refractivity contribution is 5.44. The first-order valence-electron chi connectivity index (χ1n) is 13.1. The monoisotopic (exact) mass is 419 g/mol. The maximum Gasteiger partial charge on any atom is 0.0340 e. The largest absolute Gasteiger partial charge is 0.385 e. The molecule has 31 heavy (non-hydrogen) atoms. The van der Waals surface area contributed by atoms with Crippen molar-refractivity contribution in [2.75, 3.05) is 11.9 Å². The van der Waals surface area contributed by atoms with Gasteiger partial charge in [0.2, 0.25) is 0 Å². The average Bonchev–Trinajstić information content (AvgIpc) is 2.80. The predicted molar refractivity (Wildman–Crippen MR) is 137 cm³/mol. The van der Waals surface area contributed by atoms with Crippen LogP contribution in [0.5, 0.6) is 0 Å². The van der Waals surface area contributed by atoms with Gasteiger partial charge in [-0.25, -0.2) is 0 Å². The second-order valence-corrected chi connectivity index (χ2v) is 9.88. The van der Waals surface area contributed by atoms with E-state index in [4.69, 9.17) is 0 Å². The highest BCUT2D eigenvalue weighted by Crippen LogP contribution is 2.39. The van der Waals surface area contributed by atoms with Gasteiger partial charge in [0.15, 0.2) is 0 Å². The Balaban J connectivity index is 1.46. The molecule has 1 saturated carbocycles. The Morgan fingerprint density at radius 3 is 2.13 bits per heavy atom. The van der Waals surface area contributed by atoms with Gasteiger partial charge in [0, 0.05) is 12.2 Å². The molecule has 0 heterocycles. The molecule has 0 bridgehead atoms. The van der Waals surface area contributed by atoms with Crippen molar-refractivity contribution in [2.24, 2.45) is 5.92 Å². The number of hydrogen-bond acceptors (Lipinski definition) is 1. The number of unbranched alkanes of at least 4 members (excludes halogenated alkanes) is 3. The Morgan fingerprint density at radius 1 is 0.774 bits per heavy atom. The number of nitrogens with one attached hydrogen (secondary N) is 1. The molecule has 0 aromatic heterocycles. The summed E-state index contributed by atoms with van der Waals surface area (Å²) in [4.78, 5) is 0. The first-order valence-corrected chi connectivity index (χ1v) is 13.1. The van der Waals surface area contributed by atoms with Crippen molar-refractivity contribution in [3.05, 3.63) is 64.7 Å². The van der Waals surface area contributed by atoms with Crippen LogP contribution in [0.2, 0.25) is 0 Å². The first kappa shape index (κ1) is 23.9. The van der Waals surface area contributed by atoms with Crippen molar-refractivity contribution in [3.63, 3.8) is 0 Å². The molecular formula is C30H45N. The van der Waals surface area contributed by atoms with Crippen molar-refractivity contribution in [3.8, 4) is 0 Å². The fourth-order valence-electron chi connectivity index (χ4n) is 5.28. The van der Waals surface area contributed by atoms with Gasteiger partial charge in [-0.05, 0) is 98.1 Å². The van der Waals surface area contributed by atoms with Gasteiger partial charge in [0.25, 0.3) is 0 Å². The minimum Gasteiger partial charge on any atom is -0.385 e. The van der Waals surface area contributed by atoms with Crippen LogP contribution in [0, 0.1) is 12.8 Å². The molecule has 0 aliphatic heterocycles. The molecule has 0 amide bonds. The fraction of sp³-hybridized carbons (Fsp3) is 0.600. The van der Waals surface area contributed by atoms with Gasteiger partial charge in [-0.2, -0.15) is 0 Å². The molecule has 1 N–H and O–H groups in total. The number of aryl methyl sites for hydroxylation is 3. The summed E-state index contributed by atoms with van der Waals surface area (Å²) in [7, 11) is 0. The van der Waals surface area contributed by atoms with Crippen molar-refractivity contribution >= 4 is 5.69 Å². The quantitative estimate of drug-likeness (QED) is 0.339. The maximum atomic E-state index is 3.51. The van der Waals surface area contributed by atoms with Gasteiger partial charge < -0.3 is 5.32 Å². The van der Waals surface area contributed by atoms with E-state index >= 15 is 0 Å². The van der Waals surface area contributed by atoms with E-state index in [1.54, 1.807) is 5.56 Å². The summed E-state index contributed by atoms with van der Waals surface area (Å²) in [5.74, 6) is 1.79. The van der Waals surface area contributed by atoms with Gasteiger partial charge in [-0.15, -0.1) is 0 Å². The molecule has 0 spiro atoms. The predicted octanol–water partition coefficient (Wildman–Crippen LogP) is 8.85. The number of rotatable bonds is 12. The van der Waals surface area contributed by atoms with Gasteiger partial charge in [-0.1, -0.05) is 76.3 Å². The van der Waals surface area contributed by atoms with Crippen LogP contribution in [0.25, 0.3) is 0 Å². The molecule has 2 aromatic rings. The van der Waals surface area contributed by atoms with E-state index in [1.807, 2.05) is 0 Å². The smallest absolute Gasteiger partial charge is 0.0340 e. The zero-order valence-corrected chi connectivity index (χ0v) is 20.4. The van der Waals surface area contributed by atoms with Crippen LogP contribution in [0.4, 0.5) is 5.69 Å². The van der Waals surface area contributed by atoms with E-state index in [0.29, 0.717) is 0 Å². The summed E-state index contributed by atoms with van der Waals surface area (Å²) in [5.41, 5.74) is 7.31. The molecule has 1 heteroatoms. The number of hydrogen-bond donors (Lipinski definition) is 1. The molecule has 170 valence electrons. The Labute approximate surface area is 192 Å². The van der Waals surface area contributed by atoms with Crippen LogP contribution in [0.3, 0.4) is 0 Å². The zero-order valence-electron chi connectivity index (χ0n) is 20.4. The molecule has 2 aromatic carbocycles. The van der Waals surface area contributed by atoms with Crippen LogP contribution in [-0.4, -0.2) is 6.54 Å². The van der Waals surface area contributed by atoms with E-state index in [2.05, 4.69) is 68.6 Å². The van der Waals surface area contributed by atoms with Crippen LogP contribution < -0.4 is 5.32 Å². The Kier molecular flexibility index (Phi) is 9.97. The van der Waals surface area contributed by atoms with Crippen LogP contribution in [0.1, 0.15) is 106 Å². The third-order valence-corrected chi connectivity index (χ3v) is 7.35. The Bertz CT molecular complexity index is 752. The minimum absolute atomic E-state index is 0.796. The number of benzene rings is 2. The summed E-state index contributed by atoms with van der Waals surface area (Å²) >= 11 is 0. The van der Waals surface area contributed by atoms with E-state index < -0.39 is 0 Å². The molecule has 3 rings (SSSR count). The van der Waals surface area contributed by atoms with Crippen LogP contribution >= 0.6 is 0 Å². The van der Waals surface area contributed by atoms with E-state index in [0.717, 1.165) is 31.2 Å². The SMILES string of the molecule is CCCCC[C@H]1CC[C@H](c2ccc(CCc3ccc(NCCCC)cc3)cc2C)CC1. The molecular weight excluding hydrogens is 374 g/mol. The lowest BCUT2D eigenvalue weighted by molar-refractivity contribution is 0.302. The van der Waals surface area contributed by atoms with Crippen molar-refractivity contribution < 1.29 is 0 Å². The summed E-state index contributed by atoms with van der Waals surface area (Å²) in [5, 5.41) is 3.51. The van der Waals surface area contributed by atoms with Crippen molar-refractivity contribution in [2.45, 2.75) is 104 Å². The third kappa shape index (κ3) is 7.70. The van der Waals surface area contributed by atoms with Gasteiger partial charge in [-0.3, -0.25) is 0 Å². The second-order valence-electron chi connectivity index (χ2n) is 9.88. The van der Waals surface area contributed by atoms with Crippen molar-refractivity contribution in [1.82, 2.24) is 0 Å². The third-order valence-electron chi connectivity index (χ3n) is 7.35. The zero-order chi connectivity index (χ0) is 21.9. The summed E-state index contributed by atoms with van der Waals surface area (Å²) in [6, 6.07) is 16.4. The summed E-state index contributed by atoms with van der Waals surface area (Å²) < 4.78 is 0. The van der Waals surface area contributed by atoms with Gasteiger partial charge in [0.1, 0.15) is 0 Å². The lowest BCUT2D eigenvalue weighted by atomic mass is 9.76. The lowest BCUT2D eigenvalue weighted by Crippen LogP contribution is -2.14. The first-order chi connectivity index (χ1) is 15.2. The molecule has 0 unspecified atom stereocenters. The summed E-state index contributed by atoms with van der Waals surface area (Å²) in [6.45, 7) is 7.95. The van der Waals surface area contributed by atoms with E-state index in [-0.39, 0.29) is 0 Å². The molecule has 1 aliphatic rings. The number of anilines is 1.